The number of nitrogens with zero attached hydrogens (tertiary/aromatic N) is 1. The highest BCUT2D eigenvalue weighted by molar-refractivity contribution is 5.95. The van der Waals surface area contributed by atoms with Gasteiger partial charge in [0, 0.05) is 0 Å². The molecule has 0 radical (unpaired) electrons. The Labute approximate surface area is 115 Å². The molecule has 6 nitrogen and oxygen atoms in total. The smallest absolute Gasteiger partial charge is 0.293 e. The molecule has 0 aliphatic heterocycles. The summed E-state index contributed by atoms with van der Waals surface area (Å²) in [6.45, 7) is 0.238. The average molecular weight is 271 g/mol. The molecule has 6 heteroatoms. The molecule has 0 atom stereocenters. The summed E-state index contributed by atoms with van der Waals surface area (Å²) in [6.07, 6.45) is 0. The summed E-state index contributed by atoms with van der Waals surface area (Å²) in [7, 11) is 0. The summed E-state index contributed by atoms with van der Waals surface area (Å²) in [6, 6.07) is 13.8. The summed E-state index contributed by atoms with van der Waals surface area (Å²) in [4.78, 5) is 31.6. The van der Waals surface area contributed by atoms with Crippen molar-refractivity contribution in [2.45, 2.75) is 6.61 Å². The number of carbonyl (C=O) groups excluding carboxylic acids is 2. The molecule has 0 saturated heterocycles. The van der Waals surface area contributed by atoms with E-state index < -0.39 is 11.8 Å². The van der Waals surface area contributed by atoms with Crippen LogP contribution in [0.2, 0.25) is 0 Å². The first-order chi connectivity index (χ1) is 9.66. The van der Waals surface area contributed by atoms with E-state index in [0.29, 0.717) is 0 Å². The molecule has 2 aromatic rings. The van der Waals surface area contributed by atoms with Crippen LogP contribution in [0, 0.1) is 0 Å². The molecule has 0 unspecified atom stereocenters. The first kappa shape index (κ1) is 13.7. The van der Waals surface area contributed by atoms with E-state index in [4.69, 9.17) is 10.6 Å². The second-order valence-corrected chi connectivity index (χ2v) is 3.98. The molecule has 1 aromatic carbocycles. The summed E-state index contributed by atoms with van der Waals surface area (Å²) >= 11 is 0. The van der Waals surface area contributed by atoms with Crippen LogP contribution >= 0.6 is 0 Å². The molecule has 0 saturated carbocycles. The Kier molecular flexibility index (Phi) is 4.41. The molecule has 20 heavy (non-hydrogen) atoms. The van der Waals surface area contributed by atoms with Crippen LogP contribution in [0.5, 0.6) is 0 Å². The molecule has 0 fully saturated rings. The van der Waals surface area contributed by atoms with Gasteiger partial charge in [0.15, 0.2) is 0 Å². The molecule has 0 bridgehead atoms. The topological polar surface area (TPSA) is 94.3 Å². The number of primary amides is 1. The zero-order chi connectivity index (χ0) is 14.4. The summed E-state index contributed by atoms with van der Waals surface area (Å²) in [5.41, 5.74) is 8.37. The first-order valence-corrected chi connectivity index (χ1v) is 5.90. The standard InChI is InChI=1S/C14H13N3O3/c15-13(18)11-7-4-8-12(16-11)14(19)17-20-9-10-5-2-1-3-6-10/h1-8H,9H2,(H2,15,18)(H,17,19). The maximum Gasteiger partial charge on any atom is 0.293 e. The SMILES string of the molecule is NC(=O)c1cccc(C(=O)NOCc2ccccc2)n1. The van der Waals surface area contributed by atoms with Gasteiger partial charge in [0.2, 0.25) is 0 Å². The molecular formula is C14H13N3O3. The van der Waals surface area contributed by atoms with E-state index in [1.165, 1.54) is 18.2 Å². The van der Waals surface area contributed by atoms with Crippen molar-refractivity contribution in [3.05, 3.63) is 65.5 Å². The third kappa shape index (κ3) is 3.63. The molecule has 1 heterocycles. The van der Waals surface area contributed by atoms with Crippen LogP contribution in [-0.2, 0) is 11.4 Å². The molecule has 0 spiro atoms. The Morgan fingerprint density at radius 2 is 1.75 bits per heavy atom. The van der Waals surface area contributed by atoms with Gasteiger partial charge in [0.1, 0.15) is 11.4 Å². The maximum atomic E-state index is 11.8. The fraction of sp³-hybridized carbons (Fsp3) is 0.0714. The molecular weight excluding hydrogens is 258 g/mol. The average Bonchev–Trinajstić information content (AvgIpc) is 2.48. The van der Waals surface area contributed by atoms with Gasteiger partial charge < -0.3 is 5.73 Å². The predicted molar refractivity (Wildman–Crippen MR) is 71.5 cm³/mol. The largest absolute Gasteiger partial charge is 0.364 e. The monoisotopic (exact) mass is 271 g/mol. The Balaban J connectivity index is 1.92. The number of hydroxylamine groups is 1. The predicted octanol–water partition coefficient (Wildman–Crippen LogP) is 1.04. The molecule has 2 amide bonds. The van der Waals surface area contributed by atoms with Gasteiger partial charge >= 0.3 is 0 Å². The number of hydrogen-bond donors (Lipinski definition) is 2. The molecule has 0 aliphatic carbocycles. The lowest BCUT2D eigenvalue weighted by Crippen LogP contribution is -2.25. The Morgan fingerprint density at radius 1 is 1.05 bits per heavy atom. The van der Waals surface area contributed by atoms with Crippen molar-refractivity contribution >= 4 is 11.8 Å². The second kappa shape index (κ2) is 6.44. The van der Waals surface area contributed by atoms with Gasteiger partial charge in [0.05, 0.1) is 6.61 Å². The number of nitrogens with one attached hydrogen (secondary N) is 1. The Morgan fingerprint density at radius 3 is 2.45 bits per heavy atom. The number of hydrogen-bond acceptors (Lipinski definition) is 4. The van der Waals surface area contributed by atoms with Crippen molar-refractivity contribution in [2.75, 3.05) is 0 Å². The van der Waals surface area contributed by atoms with Gasteiger partial charge in [0.25, 0.3) is 11.8 Å². The Hall–Kier alpha value is -2.73. The van der Waals surface area contributed by atoms with E-state index in [9.17, 15) is 9.59 Å². The third-order valence-corrected chi connectivity index (χ3v) is 2.48. The number of pyridine rings is 1. The van der Waals surface area contributed by atoms with Gasteiger partial charge in [-0.1, -0.05) is 36.4 Å². The zero-order valence-corrected chi connectivity index (χ0v) is 10.6. The molecule has 102 valence electrons. The van der Waals surface area contributed by atoms with Gasteiger partial charge in [-0.3, -0.25) is 14.4 Å². The Bertz CT molecular complexity index is 614. The fourth-order valence-electron chi connectivity index (χ4n) is 1.51. The number of benzene rings is 1. The van der Waals surface area contributed by atoms with Crippen molar-refractivity contribution in [3.63, 3.8) is 0 Å². The van der Waals surface area contributed by atoms with Crippen molar-refractivity contribution < 1.29 is 14.4 Å². The highest BCUT2D eigenvalue weighted by Crippen LogP contribution is 2.01. The fourth-order valence-corrected chi connectivity index (χ4v) is 1.51. The minimum Gasteiger partial charge on any atom is -0.364 e. The highest BCUT2D eigenvalue weighted by Gasteiger charge is 2.10. The van der Waals surface area contributed by atoms with Crippen LogP contribution in [0.4, 0.5) is 0 Å². The maximum absolute atomic E-state index is 11.8. The number of rotatable bonds is 5. The minimum atomic E-state index is -0.690. The second-order valence-electron chi connectivity index (χ2n) is 3.98. The van der Waals surface area contributed by atoms with Crippen LogP contribution in [0.15, 0.2) is 48.5 Å². The van der Waals surface area contributed by atoms with Gasteiger partial charge in [-0.15, -0.1) is 0 Å². The molecule has 3 N–H and O–H groups in total. The lowest BCUT2D eigenvalue weighted by atomic mass is 10.2. The van der Waals surface area contributed by atoms with Crippen LogP contribution in [0.1, 0.15) is 26.5 Å². The number of aromatic nitrogens is 1. The van der Waals surface area contributed by atoms with Crippen LogP contribution in [0.25, 0.3) is 0 Å². The molecule has 1 aromatic heterocycles. The van der Waals surface area contributed by atoms with Gasteiger partial charge in [-0.25, -0.2) is 10.5 Å². The summed E-state index contributed by atoms with van der Waals surface area (Å²) in [5.74, 6) is -1.23. The van der Waals surface area contributed by atoms with E-state index >= 15 is 0 Å². The lowest BCUT2D eigenvalue weighted by molar-refractivity contribution is 0.0229. The summed E-state index contributed by atoms with van der Waals surface area (Å²) < 4.78 is 0. The van der Waals surface area contributed by atoms with E-state index in [-0.39, 0.29) is 18.0 Å². The van der Waals surface area contributed by atoms with Crippen molar-refractivity contribution in [3.8, 4) is 0 Å². The number of nitrogens with two attached hydrogens (primary N) is 1. The molecule has 0 aliphatic rings. The van der Waals surface area contributed by atoms with E-state index in [2.05, 4.69) is 10.5 Å². The normalized spacial score (nSPS) is 10.0. The van der Waals surface area contributed by atoms with E-state index in [0.717, 1.165) is 5.56 Å². The van der Waals surface area contributed by atoms with Gasteiger partial charge in [-0.05, 0) is 17.7 Å². The number of carbonyl (C=O) groups is 2. The van der Waals surface area contributed by atoms with E-state index in [1.807, 2.05) is 30.3 Å². The van der Waals surface area contributed by atoms with E-state index in [1.54, 1.807) is 0 Å². The minimum absolute atomic E-state index is 0.0284. The first-order valence-electron chi connectivity index (χ1n) is 5.90. The van der Waals surface area contributed by atoms with Crippen LogP contribution < -0.4 is 11.2 Å². The van der Waals surface area contributed by atoms with Crippen LogP contribution in [-0.4, -0.2) is 16.8 Å². The number of amides is 2. The van der Waals surface area contributed by atoms with Crippen molar-refractivity contribution in [1.82, 2.24) is 10.5 Å². The van der Waals surface area contributed by atoms with Crippen LogP contribution in [0.3, 0.4) is 0 Å². The van der Waals surface area contributed by atoms with Crippen molar-refractivity contribution in [1.29, 1.82) is 0 Å². The van der Waals surface area contributed by atoms with Crippen molar-refractivity contribution in [2.24, 2.45) is 5.73 Å². The zero-order valence-electron chi connectivity index (χ0n) is 10.6. The third-order valence-electron chi connectivity index (χ3n) is 2.48. The highest BCUT2D eigenvalue weighted by atomic mass is 16.6. The molecule has 2 rings (SSSR count). The summed E-state index contributed by atoms with van der Waals surface area (Å²) in [5, 5.41) is 0. The lowest BCUT2D eigenvalue weighted by Gasteiger charge is -2.06. The quantitative estimate of drug-likeness (QED) is 0.794. The van der Waals surface area contributed by atoms with Gasteiger partial charge in [-0.2, -0.15) is 0 Å².